The summed E-state index contributed by atoms with van der Waals surface area (Å²) in [7, 11) is 0. The molecule has 0 saturated heterocycles. The second kappa shape index (κ2) is 5.82. The molecular weight excluding hydrogens is 220 g/mol. The molecule has 0 saturated carbocycles. The molecule has 1 amide bonds. The smallest absolute Gasteiger partial charge is 0.289 e. The number of aryl methyl sites for hydroxylation is 2. The number of carbonyl (C=O) groups excluding carboxylic acids is 1. The Morgan fingerprint density at radius 1 is 1.47 bits per heavy atom. The van der Waals surface area contributed by atoms with Crippen molar-refractivity contribution in [2.24, 2.45) is 5.92 Å². The van der Waals surface area contributed by atoms with Gasteiger partial charge in [0.15, 0.2) is 5.89 Å². The lowest BCUT2D eigenvalue weighted by Gasteiger charge is -2.20. The van der Waals surface area contributed by atoms with Crippen LogP contribution in [-0.4, -0.2) is 28.6 Å². The van der Waals surface area contributed by atoms with E-state index in [0.29, 0.717) is 18.0 Å². The lowest BCUT2D eigenvalue weighted by Crippen LogP contribution is -2.39. The molecule has 0 aromatic carbocycles. The summed E-state index contributed by atoms with van der Waals surface area (Å²) in [5.74, 6) is 0.729. The highest BCUT2D eigenvalue weighted by Gasteiger charge is 2.21. The Kier molecular flexibility index (Phi) is 4.69. The maximum Gasteiger partial charge on any atom is 0.289 e. The van der Waals surface area contributed by atoms with E-state index >= 15 is 0 Å². The Hall–Kier alpha value is -1.36. The highest BCUT2D eigenvalue weighted by atomic mass is 16.4. The second-order valence-electron chi connectivity index (χ2n) is 4.48. The summed E-state index contributed by atoms with van der Waals surface area (Å²) < 4.78 is 5.25. The molecule has 96 valence electrons. The van der Waals surface area contributed by atoms with Crippen LogP contribution < -0.4 is 5.32 Å². The van der Waals surface area contributed by atoms with Gasteiger partial charge in [-0.3, -0.25) is 4.79 Å². The Morgan fingerprint density at radius 2 is 2.12 bits per heavy atom. The highest BCUT2D eigenvalue weighted by Crippen LogP contribution is 2.12. The number of aliphatic hydroxyl groups is 1. The molecule has 0 fully saturated rings. The number of carbonyl (C=O) groups is 1. The van der Waals surface area contributed by atoms with Gasteiger partial charge in [0, 0.05) is 19.6 Å². The van der Waals surface area contributed by atoms with Crippen molar-refractivity contribution in [2.75, 3.05) is 6.61 Å². The van der Waals surface area contributed by atoms with Gasteiger partial charge in [-0.05, 0) is 19.3 Å². The first-order valence-corrected chi connectivity index (χ1v) is 5.81. The van der Waals surface area contributed by atoms with Gasteiger partial charge in [0.25, 0.3) is 5.91 Å². The molecule has 1 aromatic rings. The summed E-state index contributed by atoms with van der Waals surface area (Å²) in [5, 5.41) is 11.8. The molecule has 17 heavy (non-hydrogen) atoms. The predicted molar refractivity (Wildman–Crippen MR) is 63.8 cm³/mol. The summed E-state index contributed by atoms with van der Waals surface area (Å²) in [6, 6.07) is -0.0580. The van der Waals surface area contributed by atoms with Crippen LogP contribution in [0.4, 0.5) is 0 Å². The van der Waals surface area contributed by atoms with Crippen LogP contribution in [0.3, 0.4) is 0 Å². The van der Waals surface area contributed by atoms with Gasteiger partial charge in [0.2, 0.25) is 5.76 Å². The van der Waals surface area contributed by atoms with Crippen LogP contribution in [0.25, 0.3) is 0 Å². The molecule has 1 aromatic heterocycles. The van der Waals surface area contributed by atoms with Crippen LogP contribution in [0.2, 0.25) is 0 Å². The normalized spacial score (nSPS) is 12.8. The molecule has 5 nitrogen and oxygen atoms in total. The number of hydrogen-bond acceptors (Lipinski definition) is 4. The zero-order valence-electron chi connectivity index (χ0n) is 10.8. The molecule has 0 spiro atoms. The van der Waals surface area contributed by atoms with Crippen molar-refractivity contribution in [3.8, 4) is 0 Å². The van der Waals surface area contributed by atoms with Crippen LogP contribution in [0.15, 0.2) is 4.42 Å². The minimum absolute atomic E-state index is 0.0531. The lowest BCUT2D eigenvalue weighted by atomic mass is 10.0. The van der Waals surface area contributed by atoms with E-state index in [1.54, 1.807) is 13.8 Å². The molecule has 1 atom stereocenters. The Bertz CT molecular complexity index is 385. The summed E-state index contributed by atoms with van der Waals surface area (Å²) >= 11 is 0. The zero-order chi connectivity index (χ0) is 13.0. The molecule has 0 aliphatic heterocycles. The lowest BCUT2D eigenvalue weighted by molar-refractivity contribution is 0.0886. The van der Waals surface area contributed by atoms with Crippen LogP contribution >= 0.6 is 0 Å². The minimum Gasteiger partial charge on any atom is -0.436 e. The number of amides is 1. The van der Waals surface area contributed by atoms with Crippen LogP contribution in [0.5, 0.6) is 0 Å². The molecule has 0 aliphatic rings. The first-order valence-electron chi connectivity index (χ1n) is 5.81. The van der Waals surface area contributed by atoms with Crippen molar-refractivity contribution in [3.63, 3.8) is 0 Å². The summed E-state index contributed by atoms with van der Waals surface area (Å²) in [6.45, 7) is 7.50. The number of hydrogen-bond donors (Lipinski definition) is 2. The van der Waals surface area contributed by atoms with Gasteiger partial charge in [-0.25, -0.2) is 4.98 Å². The van der Waals surface area contributed by atoms with E-state index < -0.39 is 0 Å². The molecule has 0 radical (unpaired) electrons. The molecule has 1 rings (SSSR count). The van der Waals surface area contributed by atoms with E-state index in [0.717, 1.165) is 0 Å². The van der Waals surface area contributed by atoms with E-state index in [2.05, 4.69) is 10.3 Å². The van der Waals surface area contributed by atoms with Gasteiger partial charge in [0.05, 0.1) is 5.69 Å². The molecule has 1 heterocycles. The van der Waals surface area contributed by atoms with Crippen molar-refractivity contribution in [3.05, 3.63) is 17.3 Å². The average molecular weight is 240 g/mol. The maximum absolute atomic E-state index is 11.9. The number of aromatic nitrogens is 1. The van der Waals surface area contributed by atoms with Crippen molar-refractivity contribution in [2.45, 2.75) is 40.2 Å². The first kappa shape index (κ1) is 13.7. The zero-order valence-corrected chi connectivity index (χ0v) is 10.8. The minimum atomic E-state index is -0.268. The number of nitrogens with one attached hydrogen (secondary N) is 1. The van der Waals surface area contributed by atoms with Crippen LogP contribution in [0, 0.1) is 19.8 Å². The van der Waals surface area contributed by atoms with E-state index in [-0.39, 0.29) is 30.2 Å². The van der Waals surface area contributed by atoms with Crippen LogP contribution in [0.1, 0.15) is 42.4 Å². The van der Waals surface area contributed by atoms with Crippen molar-refractivity contribution >= 4 is 5.91 Å². The van der Waals surface area contributed by atoms with Crippen molar-refractivity contribution < 1.29 is 14.3 Å². The summed E-state index contributed by atoms with van der Waals surface area (Å²) in [5.41, 5.74) is 0.589. The Labute approximate surface area is 101 Å². The maximum atomic E-state index is 11.9. The summed E-state index contributed by atoms with van der Waals surface area (Å²) in [4.78, 5) is 16.0. The largest absolute Gasteiger partial charge is 0.436 e. The third-order valence-corrected chi connectivity index (χ3v) is 2.67. The van der Waals surface area contributed by atoms with E-state index in [4.69, 9.17) is 9.52 Å². The third kappa shape index (κ3) is 3.56. The number of nitrogens with zero attached hydrogens (tertiary/aromatic N) is 1. The third-order valence-electron chi connectivity index (χ3n) is 2.67. The molecule has 0 bridgehead atoms. The van der Waals surface area contributed by atoms with Crippen molar-refractivity contribution in [1.29, 1.82) is 0 Å². The fraction of sp³-hybridized carbons (Fsp3) is 0.667. The summed E-state index contributed by atoms with van der Waals surface area (Å²) in [6.07, 6.45) is 0.537. The molecule has 0 aliphatic carbocycles. The predicted octanol–water partition coefficient (Wildman–Crippen LogP) is 1.43. The molecule has 2 N–H and O–H groups in total. The van der Waals surface area contributed by atoms with Gasteiger partial charge >= 0.3 is 0 Å². The SMILES string of the molecule is Cc1nc(C)c(C(=O)NC(CCO)C(C)C)o1. The van der Waals surface area contributed by atoms with Gasteiger partial charge in [0.1, 0.15) is 0 Å². The Balaban J connectivity index is 2.73. The molecular formula is C12H20N2O3. The van der Waals surface area contributed by atoms with E-state index in [9.17, 15) is 4.79 Å². The van der Waals surface area contributed by atoms with E-state index in [1.807, 2.05) is 13.8 Å². The number of rotatable bonds is 5. The standard InChI is InChI=1S/C12H20N2O3/c1-7(2)10(5-6-15)14-12(16)11-8(3)13-9(4)17-11/h7,10,15H,5-6H2,1-4H3,(H,14,16). The monoisotopic (exact) mass is 240 g/mol. The van der Waals surface area contributed by atoms with E-state index in [1.165, 1.54) is 0 Å². The topological polar surface area (TPSA) is 75.4 Å². The van der Waals surface area contributed by atoms with Gasteiger partial charge in [-0.2, -0.15) is 0 Å². The van der Waals surface area contributed by atoms with Gasteiger partial charge < -0.3 is 14.8 Å². The van der Waals surface area contributed by atoms with Gasteiger partial charge in [-0.15, -0.1) is 0 Å². The number of oxazole rings is 1. The Morgan fingerprint density at radius 3 is 2.53 bits per heavy atom. The van der Waals surface area contributed by atoms with Crippen LogP contribution in [-0.2, 0) is 0 Å². The second-order valence-corrected chi connectivity index (χ2v) is 4.48. The molecule has 5 heteroatoms. The van der Waals surface area contributed by atoms with Gasteiger partial charge in [-0.1, -0.05) is 13.8 Å². The quantitative estimate of drug-likeness (QED) is 0.816. The van der Waals surface area contributed by atoms with Crippen molar-refractivity contribution in [1.82, 2.24) is 10.3 Å². The fourth-order valence-electron chi connectivity index (χ4n) is 1.69. The average Bonchev–Trinajstić information content (AvgIpc) is 2.57. The molecule has 1 unspecified atom stereocenters. The number of aliphatic hydroxyl groups excluding tert-OH is 1. The first-order chi connectivity index (χ1) is 7.95. The fourth-order valence-corrected chi connectivity index (χ4v) is 1.69. The highest BCUT2D eigenvalue weighted by molar-refractivity contribution is 5.92.